The molecule has 0 fully saturated rings. The van der Waals surface area contributed by atoms with Gasteiger partial charge in [-0.25, -0.2) is 9.66 Å². The second-order valence-electron chi connectivity index (χ2n) is 4.09. The standard InChI is InChI=1S/C10H16N4/c1-7(2)4-10-13-8(3)9-5-11-6-12-14(9)10/h6-7H,4-5H2,1-3H3,(H,11,12). The molecule has 1 aromatic rings. The molecule has 1 aliphatic heterocycles. The van der Waals surface area contributed by atoms with Gasteiger partial charge in [-0.1, -0.05) is 13.8 Å². The van der Waals surface area contributed by atoms with Crippen molar-refractivity contribution < 1.29 is 0 Å². The monoisotopic (exact) mass is 192 g/mol. The number of aromatic nitrogens is 2. The number of hydrogen-bond acceptors (Lipinski definition) is 3. The summed E-state index contributed by atoms with van der Waals surface area (Å²) >= 11 is 0. The van der Waals surface area contributed by atoms with Crippen molar-refractivity contribution in [2.45, 2.75) is 33.7 Å². The van der Waals surface area contributed by atoms with E-state index in [2.05, 4.69) is 33.9 Å². The van der Waals surface area contributed by atoms with E-state index in [-0.39, 0.29) is 0 Å². The molecule has 14 heavy (non-hydrogen) atoms. The second kappa shape index (κ2) is 3.44. The number of nitrogens with zero attached hydrogens (tertiary/aromatic N) is 3. The molecule has 4 nitrogen and oxygen atoms in total. The summed E-state index contributed by atoms with van der Waals surface area (Å²) in [6.45, 7) is 7.18. The van der Waals surface area contributed by atoms with E-state index in [1.165, 1.54) is 5.69 Å². The number of aryl methyl sites for hydroxylation is 1. The zero-order chi connectivity index (χ0) is 10.1. The fraction of sp³-hybridized carbons (Fsp3) is 0.600. The van der Waals surface area contributed by atoms with Gasteiger partial charge < -0.3 is 0 Å². The van der Waals surface area contributed by atoms with E-state index in [1.54, 1.807) is 6.34 Å². The van der Waals surface area contributed by atoms with Crippen LogP contribution in [-0.2, 0) is 13.0 Å². The summed E-state index contributed by atoms with van der Waals surface area (Å²) in [6.07, 6.45) is 2.74. The molecule has 1 N–H and O–H groups in total. The van der Waals surface area contributed by atoms with Crippen LogP contribution in [0.2, 0.25) is 0 Å². The third kappa shape index (κ3) is 1.52. The van der Waals surface area contributed by atoms with E-state index in [0.717, 1.165) is 24.5 Å². The molecule has 0 amide bonds. The maximum atomic E-state index is 4.55. The van der Waals surface area contributed by atoms with Crippen molar-refractivity contribution in [3.05, 3.63) is 17.2 Å². The normalized spacial score (nSPS) is 14.3. The van der Waals surface area contributed by atoms with Crippen LogP contribution in [0.15, 0.2) is 4.99 Å². The van der Waals surface area contributed by atoms with Crippen LogP contribution >= 0.6 is 0 Å². The Balaban J connectivity index is 2.34. The van der Waals surface area contributed by atoms with E-state index in [9.17, 15) is 0 Å². The zero-order valence-corrected chi connectivity index (χ0v) is 8.91. The lowest BCUT2D eigenvalue weighted by Gasteiger charge is -2.14. The van der Waals surface area contributed by atoms with E-state index < -0.39 is 0 Å². The molecule has 0 radical (unpaired) electrons. The maximum Gasteiger partial charge on any atom is 0.128 e. The highest BCUT2D eigenvalue weighted by Gasteiger charge is 2.15. The molecule has 0 saturated heterocycles. The SMILES string of the molecule is Cc1nc(CC(C)C)n2c1CN=CN2. The Morgan fingerprint density at radius 3 is 3.07 bits per heavy atom. The van der Waals surface area contributed by atoms with Gasteiger partial charge in [-0.05, 0) is 12.8 Å². The van der Waals surface area contributed by atoms with E-state index >= 15 is 0 Å². The topological polar surface area (TPSA) is 42.2 Å². The fourth-order valence-electron chi connectivity index (χ4n) is 1.70. The van der Waals surface area contributed by atoms with Gasteiger partial charge in [0.2, 0.25) is 0 Å². The quantitative estimate of drug-likeness (QED) is 0.771. The highest BCUT2D eigenvalue weighted by Crippen LogP contribution is 2.15. The summed E-state index contributed by atoms with van der Waals surface area (Å²) in [7, 11) is 0. The molecule has 0 bridgehead atoms. The van der Waals surface area contributed by atoms with Crippen molar-refractivity contribution in [3.8, 4) is 0 Å². The van der Waals surface area contributed by atoms with Crippen LogP contribution < -0.4 is 5.43 Å². The lowest BCUT2D eigenvalue weighted by molar-refractivity contribution is 0.602. The van der Waals surface area contributed by atoms with Gasteiger partial charge in [0.05, 0.1) is 17.9 Å². The van der Waals surface area contributed by atoms with Crippen LogP contribution in [0.1, 0.15) is 31.1 Å². The number of rotatable bonds is 2. The van der Waals surface area contributed by atoms with Gasteiger partial charge >= 0.3 is 0 Å². The van der Waals surface area contributed by atoms with E-state index in [4.69, 9.17) is 0 Å². The van der Waals surface area contributed by atoms with Gasteiger partial charge in [0.25, 0.3) is 0 Å². The zero-order valence-electron chi connectivity index (χ0n) is 8.91. The first-order valence-corrected chi connectivity index (χ1v) is 5.00. The van der Waals surface area contributed by atoms with Crippen molar-refractivity contribution in [2.24, 2.45) is 10.9 Å². The van der Waals surface area contributed by atoms with Gasteiger partial charge in [-0.3, -0.25) is 10.4 Å². The first-order chi connectivity index (χ1) is 6.68. The molecule has 0 unspecified atom stereocenters. The summed E-state index contributed by atoms with van der Waals surface area (Å²) in [6, 6.07) is 0. The van der Waals surface area contributed by atoms with Crippen LogP contribution in [-0.4, -0.2) is 16.0 Å². The molecule has 1 aliphatic rings. The van der Waals surface area contributed by atoms with Crippen molar-refractivity contribution in [1.29, 1.82) is 0 Å². The van der Waals surface area contributed by atoms with Gasteiger partial charge in [-0.2, -0.15) is 0 Å². The number of aliphatic imine (C=N–C) groups is 1. The molecule has 76 valence electrons. The number of imidazole rings is 1. The third-order valence-electron chi connectivity index (χ3n) is 2.35. The molecule has 0 atom stereocenters. The first-order valence-electron chi connectivity index (χ1n) is 5.00. The van der Waals surface area contributed by atoms with Crippen LogP contribution in [0.5, 0.6) is 0 Å². The van der Waals surface area contributed by atoms with E-state index in [0.29, 0.717) is 5.92 Å². The van der Waals surface area contributed by atoms with Crippen LogP contribution in [0.4, 0.5) is 0 Å². The van der Waals surface area contributed by atoms with Gasteiger partial charge in [0, 0.05) is 6.42 Å². The Bertz CT molecular complexity index is 362. The Kier molecular flexibility index (Phi) is 2.27. The third-order valence-corrected chi connectivity index (χ3v) is 2.35. The van der Waals surface area contributed by atoms with Gasteiger partial charge in [-0.15, -0.1) is 0 Å². The smallest absolute Gasteiger partial charge is 0.128 e. The van der Waals surface area contributed by atoms with Crippen molar-refractivity contribution in [3.63, 3.8) is 0 Å². The molecule has 4 heteroatoms. The Morgan fingerprint density at radius 2 is 2.36 bits per heavy atom. The Labute approximate surface area is 84.0 Å². The summed E-state index contributed by atoms with van der Waals surface area (Å²) in [5.41, 5.74) is 5.39. The molecule has 1 aromatic heterocycles. The average Bonchev–Trinajstić information content (AvgIpc) is 2.44. The number of nitrogens with one attached hydrogen (secondary N) is 1. The molecule has 0 aromatic carbocycles. The minimum Gasteiger partial charge on any atom is -0.283 e. The van der Waals surface area contributed by atoms with Crippen molar-refractivity contribution in [1.82, 2.24) is 9.66 Å². The number of hydrogen-bond donors (Lipinski definition) is 1. The summed E-state index contributed by atoms with van der Waals surface area (Å²) < 4.78 is 2.06. The van der Waals surface area contributed by atoms with Crippen molar-refractivity contribution >= 4 is 6.34 Å². The van der Waals surface area contributed by atoms with Crippen LogP contribution in [0.3, 0.4) is 0 Å². The first kappa shape index (κ1) is 9.24. The van der Waals surface area contributed by atoms with Crippen LogP contribution in [0.25, 0.3) is 0 Å². The van der Waals surface area contributed by atoms with Gasteiger partial charge in [0.15, 0.2) is 0 Å². The average molecular weight is 192 g/mol. The molecule has 0 spiro atoms. The lowest BCUT2D eigenvalue weighted by atomic mass is 10.1. The predicted octanol–water partition coefficient (Wildman–Crippen LogP) is 1.48. The van der Waals surface area contributed by atoms with Crippen LogP contribution in [0, 0.1) is 12.8 Å². The summed E-state index contributed by atoms with van der Waals surface area (Å²) in [5.74, 6) is 1.74. The minimum atomic E-state index is 0.626. The summed E-state index contributed by atoms with van der Waals surface area (Å²) in [5, 5.41) is 0. The molecule has 0 saturated carbocycles. The molecular formula is C10H16N4. The highest BCUT2D eigenvalue weighted by atomic mass is 15.5. The highest BCUT2D eigenvalue weighted by molar-refractivity contribution is 5.65. The van der Waals surface area contributed by atoms with E-state index in [1.807, 2.05) is 6.92 Å². The molecule has 2 heterocycles. The number of fused-ring (bicyclic) bond motifs is 1. The lowest BCUT2D eigenvalue weighted by Crippen LogP contribution is -2.22. The summed E-state index contributed by atoms with van der Waals surface area (Å²) in [4.78, 5) is 8.73. The van der Waals surface area contributed by atoms with Crippen molar-refractivity contribution in [2.75, 3.05) is 5.43 Å². The Morgan fingerprint density at radius 1 is 1.57 bits per heavy atom. The maximum absolute atomic E-state index is 4.55. The largest absolute Gasteiger partial charge is 0.283 e. The molecular weight excluding hydrogens is 176 g/mol. The van der Waals surface area contributed by atoms with Gasteiger partial charge in [0.1, 0.15) is 12.2 Å². The second-order valence-corrected chi connectivity index (χ2v) is 4.09. The Hall–Kier alpha value is -1.32. The molecule has 0 aliphatic carbocycles. The predicted molar refractivity (Wildman–Crippen MR) is 57.1 cm³/mol. The molecule has 2 rings (SSSR count). The minimum absolute atomic E-state index is 0.626. The fourth-order valence-corrected chi connectivity index (χ4v) is 1.70.